The molecule has 1 atom stereocenters. The summed E-state index contributed by atoms with van der Waals surface area (Å²) in [6.07, 6.45) is 0. The molecule has 0 aromatic carbocycles. The summed E-state index contributed by atoms with van der Waals surface area (Å²) in [7, 11) is 2.20. The van der Waals surface area contributed by atoms with Crippen molar-refractivity contribution in [2.24, 2.45) is 0 Å². The van der Waals surface area contributed by atoms with Crippen LogP contribution in [0, 0.1) is 0 Å². The summed E-state index contributed by atoms with van der Waals surface area (Å²) in [6, 6.07) is 4.82. The number of hydrogen-bond acceptors (Lipinski definition) is 4. The van der Waals surface area contributed by atoms with Crippen molar-refractivity contribution in [1.82, 2.24) is 15.1 Å². The van der Waals surface area contributed by atoms with Gasteiger partial charge in [-0.3, -0.25) is 4.90 Å². The average Bonchev–Trinajstić information content (AvgIpc) is 2.85. The molecule has 0 aliphatic carbocycles. The first-order valence-electron chi connectivity index (χ1n) is 6.43. The molecule has 0 spiro atoms. The number of nitrogens with one attached hydrogen (secondary N) is 1. The zero-order valence-electron chi connectivity index (χ0n) is 10.9. The van der Waals surface area contributed by atoms with E-state index < -0.39 is 0 Å². The van der Waals surface area contributed by atoms with E-state index in [0.29, 0.717) is 6.04 Å². The molecule has 1 saturated heterocycles. The van der Waals surface area contributed by atoms with E-state index >= 15 is 0 Å². The van der Waals surface area contributed by atoms with Crippen molar-refractivity contribution in [1.29, 1.82) is 0 Å². The van der Waals surface area contributed by atoms with Gasteiger partial charge in [0.05, 0.1) is 0 Å². The molecular weight excluding hydrogens is 230 g/mol. The fourth-order valence-corrected chi connectivity index (χ4v) is 2.91. The van der Waals surface area contributed by atoms with Crippen molar-refractivity contribution in [3.05, 3.63) is 22.4 Å². The molecule has 0 amide bonds. The topological polar surface area (TPSA) is 18.5 Å². The first-order chi connectivity index (χ1) is 8.25. The van der Waals surface area contributed by atoms with Gasteiger partial charge in [-0.2, -0.15) is 0 Å². The van der Waals surface area contributed by atoms with E-state index in [1.165, 1.54) is 37.6 Å². The first-order valence-corrected chi connectivity index (χ1v) is 7.31. The van der Waals surface area contributed by atoms with Gasteiger partial charge in [-0.15, -0.1) is 11.3 Å². The van der Waals surface area contributed by atoms with Gasteiger partial charge in [0.15, 0.2) is 0 Å². The minimum absolute atomic E-state index is 0.488. The van der Waals surface area contributed by atoms with Gasteiger partial charge in [0.1, 0.15) is 0 Å². The normalized spacial score (nSPS) is 20.6. The first kappa shape index (κ1) is 13.0. The third kappa shape index (κ3) is 4.07. The molecule has 1 aromatic heterocycles. The Bertz CT molecular complexity index is 304. The van der Waals surface area contributed by atoms with Gasteiger partial charge < -0.3 is 10.2 Å². The molecule has 1 aliphatic heterocycles. The van der Waals surface area contributed by atoms with Crippen LogP contribution in [0.5, 0.6) is 0 Å². The van der Waals surface area contributed by atoms with E-state index in [-0.39, 0.29) is 0 Å². The minimum atomic E-state index is 0.488. The third-order valence-electron chi connectivity index (χ3n) is 3.44. The number of rotatable bonds is 5. The second kappa shape index (κ2) is 6.50. The van der Waals surface area contributed by atoms with Gasteiger partial charge in [-0.1, -0.05) is 6.07 Å². The summed E-state index contributed by atoms with van der Waals surface area (Å²) in [4.78, 5) is 6.38. The van der Waals surface area contributed by atoms with Crippen LogP contribution in [0.1, 0.15) is 17.8 Å². The van der Waals surface area contributed by atoms with Gasteiger partial charge in [0, 0.05) is 50.2 Å². The van der Waals surface area contributed by atoms with Crippen molar-refractivity contribution in [2.75, 3.05) is 46.3 Å². The van der Waals surface area contributed by atoms with E-state index in [1.54, 1.807) is 0 Å². The maximum atomic E-state index is 3.60. The van der Waals surface area contributed by atoms with Crippen LogP contribution in [0.15, 0.2) is 17.5 Å². The highest BCUT2D eigenvalue weighted by Crippen LogP contribution is 2.17. The van der Waals surface area contributed by atoms with Gasteiger partial charge in [-0.05, 0) is 25.4 Å². The lowest BCUT2D eigenvalue weighted by Crippen LogP contribution is -2.46. The molecule has 3 nitrogen and oxygen atoms in total. The van der Waals surface area contributed by atoms with Crippen LogP contribution < -0.4 is 5.32 Å². The number of piperazine rings is 1. The SMILES string of the molecule is CC(NCCN1CCN(C)CC1)c1cccs1. The Morgan fingerprint density at radius 1 is 1.35 bits per heavy atom. The summed E-state index contributed by atoms with van der Waals surface area (Å²) in [5.41, 5.74) is 0. The molecule has 0 saturated carbocycles. The Labute approximate surface area is 108 Å². The molecule has 1 N–H and O–H groups in total. The molecule has 0 radical (unpaired) electrons. The lowest BCUT2D eigenvalue weighted by atomic mass is 10.2. The van der Waals surface area contributed by atoms with Crippen LogP contribution >= 0.6 is 11.3 Å². The van der Waals surface area contributed by atoms with Crippen molar-refractivity contribution in [3.8, 4) is 0 Å². The number of thiophene rings is 1. The Morgan fingerprint density at radius 2 is 2.12 bits per heavy atom. The van der Waals surface area contributed by atoms with Crippen LogP contribution in [0.3, 0.4) is 0 Å². The Morgan fingerprint density at radius 3 is 2.76 bits per heavy atom. The van der Waals surface area contributed by atoms with E-state index in [4.69, 9.17) is 0 Å². The third-order valence-corrected chi connectivity index (χ3v) is 4.50. The molecule has 2 rings (SSSR count). The molecule has 0 bridgehead atoms. The van der Waals surface area contributed by atoms with Gasteiger partial charge >= 0.3 is 0 Å². The molecule has 17 heavy (non-hydrogen) atoms. The molecule has 2 heterocycles. The fraction of sp³-hybridized carbons (Fsp3) is 0.692. The van der Waals surface area contributed by atoms with Crippen molar-refractivity contribution in [2.45, 2.75) is 13.0 Å². The monoisotopic (exact) mass is 253 g/mol. The number of likely N-dealkylation sites (N-methyl/N-ethyl adjacent to an activating group) is 1. The molecule has 1 aromatic rings. The quantitative estimate of drug-likeness (QED) is 0.861. The van der Waals surface area contributed by atoms with Crippen molar-refractivity contribution in [3.63, 3.8) is 0 Å². The maximum absolute atomic E-state index is 3.60. The summed E-state index contributed by atoms with van der Waals surface area (Å²) >= 11 is 1.83. The van der Waals surface area contributed by atoms with Crippen molar-refractivity contribution >= 4 is 11.3 Å². The second-order valence-electron chi connectivity index (χ2n) is 4.84. The lowest BCUT2D eigenvalue weighted by Gasteiger charge is -2.32. The predicted molar refractivity (Wildman–Crippen MR) is 74.7 cm³/mol. The molecular formula is C13H23N3S. The van der Waals surface area contributed by atoms with E-state index in [0.717, 1.165) is 6.54 Å². The van der Waals surface area contributed by atoms with E-state index in [1.807, 2.05) is 11.3 Å². The van der Waals surface area contributed by atoms with Gasteiger partial charge in [0.2, 0.25) is 0 Å². The van der Waals surface area contributed by atoms with Gasteiger partial charge in [-0.25, -0.2) is 0 Å². The fourth-order valence-electron chi connectivity index (χ4n) is 2.15. The van der Waals surface area contributed by atoms with Crippen LogP contribution in [-0.2, 0) is 0 Å². The van der Waals surface area contributed by atoms with Crippen LogP contribution in [0.2, 0.25) is 0 Å². The Hall–Kier alpha value is -0.420. The highest BCUT2D eigenvalue weighted by Gasteiger charge is 2.13. The van der Waals surface area contributed by atoms with E-state index in [9.17, 15) is 0 Å². The highest BCUT2D eigenvalue weighted by molar-refractivity contribution is 7.10. The minimum Gasteiger partial charge on any atom is -0.308 e. The van der Waals surface area contributed by atoms with Crippen LogP contribution in [0.25, 0.3) is 0 Å². The Kier molecular flexibility index (Phi) is 4.98. The summed E-state index contributed by atoms with van der Waals surface area (Å²) < 4.78 is 0. The molecule has 96 valence electrons. The average molecular weight is 253 g/mol. The maximum Gasteiger partial charge on any atom is 0.0386 e. The standard InChI is InChI=1S/C13H23N3S/c1-12(13-4-3-11-17-13)14-5-6-16-9-7-15(2)8-10-16/h3-4,11-12,14H,5-10H2,1-2H3. The Balaban J connectivity index is 1.63. The summed E-state index contributed by atoms with van der Waals surface area (Å²) in [5, 5.41) is 5.75. The molecule has 1 fully saturated rings. The predicted octanol–water partition coefficient (Wildman–Crippen LogP) is 1.65. The highest BCUT2D eigenvalue weighted by atomic mass is 32.1. The van der Waals surface area contributed by atoms with Gasteiger partial charge in [0.25, 0.3) is 0 Å². The zero-order valence-corrected chi connectivity index (χ0v) is 11.7. The molecule has 4 heteroatoms. The molecule has 1 unspecified atom stereocenters. The molecule has 1 aliphatic rings. The number of nitrogens with zero attached hydrogens (tertiary/aromatic N) is 2. The van der Waals surface area contributed by atoms with Crippen LogP contribution in [-0.4, -0.2) is 56.1 Å². The largest absolute Gasteiger partial charge is 0.308 e. The lowest BCUT2D eigenvalue weighted by molar-refractivity contribution is 0.154. The van der Waals surface area contributed by atoms with E-state index in [2.05, 4.69) is 46.6 Å². The number of hydrogen-bond donors (Lipinski definition) is 1. The zero-order chi connectivity index (χ0) is 12.1. The second-order valence-corrected chi connectivity index (χ2v) is 5.82. The summed E-state index contributed by atoms with van der Waals surface area (Å²) in [5.74, 6) is 0. The van der Waals surface area contributed by atoms with Crippen molar-refractivity contribution < 1.29 is 0 Å². The smallest absolute Gasteiger partial charge is 0.0386 e. The van der Waals surface area contributed by atoms with Crippen LogP contribution in [0.4, 0.5) is 0 Å². The summed E-state index contributed by atoms with van der Waals surface area (Å²) in [6.45, 7) is 9.35.